The van der Waals surface area contributed by atoms with Gasteiger partial charge in [-0.15, -0.1) is 0 Å². The van der Waals surface area contributed by atoms with Gasteiger partial charge < -0.3 is 45.9 Å². The number of rotatable bonds is 14. The molecule has 2 aromatic heterocycles. The van der Waals surface area contributed by atoms with Crippen molar-refractivity contribution < 1.29 is 29.3 Å². The fourth-order valence-electron chi connectivity index (χ4n) is 5.58. The van der Waals surface area contributed by atoms with Crippen molar-refractivity contribution in [2.75, 3.05) is 31.2 Å². The number of nitrogens with zero attached hydrogens (tertiary/aromatic N) is 3. The maximum Gasteiger partial charge on any atom is 0.407 e. The molecule has 0 bridgehead atoms. The average Bonchev–Trinajstić information content (AvgIpc) is 3.43. The smallest absolute Gasteiger partial charge is 0.407 e. The lowest BCUT2D eigenvalue weighted by Crippen LogP contribution is -2.43. The summed E-state index contributed by atoms with van der Waals surface area (Å²) in [5.74, 6) is 1.36. The highest BCUT2D eigenvalue weighted by atomic mass is 16.6. The minimum atomic E-state index is -1.61. The Labute approximate surface area is 269 Å². The van der Waals surface area contributed by atoms with E-state index in [1.165, 1.54) is 0 Å². The lowest BCUT2D eigenvalue weighted by molar-refractivity contribution is -0.133. The lowest BCUT2D eigenvalue weighted by Gasteiger charge is -2.31. The quantitative estimate of drug-likeness (QED) is 0.0862. The van der Waals surface area contributed by atoms with Crippen LogP contribution in [0, 0.1) is 5.41 Å². The van der Waals surface area contributed by atoms with Crippen LogP contribution in [0.1, 0.15) is 69.9 Å². The zero-order chi connectivity index (χ0) is 33.1. The van der Waals surface area contributed by atoms with Gasteiger partial charge >= 0.3 is 6.09 Å². The minimum Gasteiger partial charge on any atom is -0.496 e. The number of nitrogens with two attached hydrogens (primary N) is 1. The van der Waals surface area contributed by atoms with Crippen LogP contribution in [0.3, 0.4) is 0 Å². The highest BCUT2D eigenvalue weighted by molar-refractivity contribution is 5.87. The molecule has 0 saturated heterocycles. The van der Waals surface area contributed by atoms with Gasteiger partial charge in [-0.25, -0.2) is 9.78 Å². The third kappa shape index (κ3) is 9.33. The lowest BCUT2D eigenvalue weighted by atomic mass is 9.78. The van der Waals surface area contributed by atoms with Crippen molar-refractivity contribution in [2.45, 2.75) is 84.3 Å². The Bertz CT molecular complexity index is 1510. The number of nitrogen functional groups attached to an aromatic ring is 1. The predicted octanol–water partition coefficient (Wildman–Crippen LogP) is 3.83. The Morgan fingerprint density at radius 3 is 2.76 bits per heavy atom. The van der Waals surface area contributed by atoms with Crippen LogP contribution in [0.25, 0.3) is 11.0 Å². The Kier molecular flexibility index (Phi) is 12.2. The van der Waals surface area contributed by atoms with Gasteiger partial charge in [-0.1, -0.05) is 44.9 Å². The molecule has 1 aliphatic rings. The fourth-order valence-corrected chi connectivity index (χ4v) is 5.58. The molecule has 250 valence electrons. The molecule has 0 spiro atoms. The molecule has 2 amide bonds. The summed E-state index contributed by atoms with van der Waals surface area (Å²) in [4.78, 5) is 34.3. The van der Waals surface area contributed by atoms with Crippen LogP contribution in [0.4, 0.5) is 16.6 Å². The van der Waals surface area contributed by atoms with E-state index in [1.807, 2.05) is 49.5 Å². The summed E-state index contributed by atoms with van der Waals surface area (Å²) >= 11 is 0. The van der Waals surface area contributed by atoms with Crippen molar-refractivity contribution in [3.8, 4) is 5.75 Å². The third-order valence-corrected chi connectivity index (χ3v) is 8.28. The number of methoxy groups -OCH3 is 1. The van der Waals surface area contributed by atoms with Gasteiger partial charge in [-0.05, 0) is 55.9 Å². The van der Waals surface area contributed by atoms with Crippen LogP contribution in [0.2, 0.25) is 0 Å². The standard InChI is InChI=1S/C33H47N7O6/c1-4-5-8-16-35-29-28-25(38-31(34)39-29)13-17-40(28)21-23-11-10-22(18-26(23)45-3)19-37-32(44)46-24-9-6-7-14-33(2,15-12-24)30(43)36-20-27(41)42/h6,9-11,13,17-18,24,27,41-42H,4-5,7-8,12,14-16,19-21H2,1-3H3,(H,36,43)(H,37,44)(H3,34,35,38,39)/b9-6+/t24-,33+/m0/s1. The maximum atomic E-state index is 12.7. The number of aliphatic hydroxyl groups is 2. The van der Waals surface area contributed by atoms with E-state index in [1.54, 1.807) is 7.11 Å². The second kappa shape index (κ2) is 16.3. The molecule has 13 heteroatoms. The molecule has 7 N–H and O–H groups in total. The van der Waals surface area contributed by atoms with E-state index in [2.05, 4.69) is 37.4 Å². The molecule has 0 saturated carbocycles. The number of aromatic nitrogens is 3. The number of carbonyl (C=O) groups is 2. The van der Waals surface area contributed by atoms with Crippen molar-refractivity contribution in [3.63, 3.8) is 0 Å². The SMILES string of the molecule is CCCCCNc1nc(N)nc2ccn(Cc3ccc(CNC(=O)O[C@H]4/C=C/CC[C@@](C)(C(=O)NCC(O)O)CC4)cc3OC)c12. The number of fused-ring (bicyclic) bond motifs is 1. The number of unbranched alkanes of at least 4 members (excludes halogenated alkanes) is 2. The highest BCUT2D eigenvalue weighted by Gasteiger charge is 2.34. The zero-order valence-corrected chi connectivity index (χ0v) is 26.9. The first kappa shape index (κ1) is 34.5. The van der Waals surface area contributed by atoms with Crippen LogP contribution in [-0.2, 0) is 22.6 Å². The number of ether oxygens (including phenoxy) is 2. The molecule has 1 aliphatic carbocycles. The first-order chi connectivity index (χ1) is 22.1. The molecular formula is C33H47N7O6. The summed E-state index contributed by atoms with van der Waals surface area (Å²) in [6.45, 7) is 5.32. The highest BCUT2D eigenvalue weighted by Crippen LogP contribution is 2.33. The van der Waals surface area contributed by atoms with E-state index in [4.69, 9.17) is 25.4 Å². The molecule has 3 aromatic rings. The summed E-state index contributed by atoms with van der Waals surface area (Å²) in [5, 5.41) is 27.0. The Morgan fingerprint density at radius 2 is 2.00 bits per heavy atom. The largest absolute Gasteiger partial charge is 0.496 e. The number of hydrogen-bond donors (Lipinski definition) is 6. The van der Waals surface area contributed by atoms with Gasteiger partial charge in [0.05, 0.1) is 25.7 Å². The molecular weight excluding hydrogens is 590 g/mol. The number of aliphatic hydroxyl groups excluding tert-OH is 1. The van der Waals surface area contributed by atoms with Crippen LogP contribution in [0.5, 0.6) is 5.75 Å². The number of amides is 2. The summed E-state index contributed by atoms with van der Waals surface area (Å²) < 4.78 is 13.4. The molecule has 1 aromatic carbocycles. The second-order valence-corrected chi connectivity index (χ2v) is 11.9. The molecule has 46 heavy (non-hydrogen) atoms. The molecule has 4 rings (SSSR count). The fraction of sp³-hybridized carbons (Fsp3) is 0.515. The number of alkyl carbamates (subject to hydrolysis) is 1. The molecule has 0 radical (unpaired) electrons. The number of hydrogen-bond acceptors (Lipinski definition) is 10. The topological polar surface area (TPSA) is 186 Å². The van der Waals surface area contributed by atoms with Gasteiger partial charge in [-0.2, -0.15) is 4.98 Å². The maximum absolute atomic E-state index is 12.7. The summed E-state index contributed by atoms with van der Waals surface area (Å²) in [6.07, 6.45) is 8.53. The normalized spacial score (nSPS) is 18.9. The zero-order valence-electron chi connectivity index (χ0n) is 26.9. The van der Waals surface area contributed by atoms with Crippen LogP contribution >= 0.6 is 0 Å². The van der Waals surface area contributed by atoms with Gasteiger partial charge in [0.15, 0.2) is 12.1 Å². The molecule has 2 heterocycles. The second-order valence-electron chi connectivity index (χ2n) is 11.9. The Balaban J connectivity index is 1.36. The van der Waals surface area contributed by atoms with Gasteiger partial charge in [0.1, 0.15) is 17.4 Å². The number of allylic oxidation sites excluding steroid dienone is 1. The Morgan fingerprint density at radius 1 is 1.17 bits per heavy atom. The molecule has 0 aliphatic heterocycles. The first-order valence-corrected chi connectivity index (χ1v) is 15.9. The van der Waals surface area contributed by atoms with Crippen molar-refractivity contribution in [1.29, 1.82) is 0 Å². The van der Waals surface area contributed by atoms with Gasteiger partial charge in [0.2, 0.25) is 11.9 Å². The monoisotopic (exact) mass is 637 g/mol. The molecule has 0 fully saturated rings. The van der Waals surface area contributed by atoms with Crippen LogP contribution in [0.15, 0.2) is 42.6 Å². The molecule has 2 atom stereocenters. The van der Waals surface area contributed by atoms with E-state index in [0.717, 1.165) is 48.0 Å². The van der Waals surface area contributed by atoms with E-state index < -0.39 is 23.9 Å². The predicted molar refractivity (Wildman–Crippen MR) is 176 cm³/mol. The van der Waals surface area contributed by atoms with E-state index in [-0.39, 0.29) is 24.9 Å². The average molecular weight is 638 g/mol. The number of carbonyl (C=O) groups excluding carboxylic acids is 2. The minimum absolute atomic E-state index is 0.225. The third-order valence-electron chi connectivity index (χ3n) is 8.28. The summed E-state index contributed by atoms with van der Waals surface area (Å²) in [6, 6.07) is 7.72. The number of benzene rings is 1. The Hall–Kier alpha value is -4.36. The number of anilines is 2. The van der Waals surface area contributed by atoms with Crippen molar-refractivity contribution in [2.24, 2.45) is 5.41 Å². The summed E-state index contributed by atoms with van der Waals surface area (Å²) in [5.41, 5.74) is 8.68. The van der Waals surface area contributed by atoms with Crippen molar-refractivity contribution in [1.82, 2.24) is 25.2 Å². The summed E-state index contributed by atoms with van der Waals surface area (Å²) in [7, 11) is 1.61. The van der Waals surface area contributed by atoms with Crippen LogP contribution in [-0.4, -0.2) is 69.3 Å². The van der Waals surface area contributed by atoms with E-state index in [0.29, 0.717) is 43.8 Å². The van der Waals surface area contributed by atoms with Gasteiger partial charge in [0, 0.05) is 30.3 Å². The van der Waals surface area contributed by atoms with Gasteiger partial charge in [-0.3, -0.25) is 4.79 Å². The van der Waals surface area contributed by atoms with Gasteiger partial charge in [0.25, 0.3) is 0 Å². The first-order valence-electron chi connectivity index (χ1n) is 15.9. The van der Waals surface area contributed by atoms with Crippen LogP contribution < -0.4 is 26.4 Å². The van der Waals surface area contributed by atoms with E-state index >= 15 is 0 Å². The van der Waals surface area contributed by atoms with Crippen molar-refractivity contribution in [3.05, 3.63) is 53.7 Å². The number of nitrogens with one attached hydrogen (secondary N) is 3. The van der Waals surface area contributed by atoms with E-state index in [9.17, 15) is 9.59 Å². The molecule has 13 nitrogen and oxygen atoms in total. The molecule has 0 unspecified atom stereocenters. The van der Waals surface area contributed by atoms with Crippen molar-refractivity contribution >= 4 is 34.8 Å².